The summed E-state index contributed by atoms with van der Waals surface area (Å²) in [5.41, 5.74) is 1.13. The molecule has 0 bridgehead atoms. The van der Waals surface area contributed by atoms with Gasteiger partial charge in [-0.15, -0.1) is 0 Å². The molecule has 0 aromatic rings. The Kier molecular flexibility index (Phi) is 0.822. The molecule has 0 fully saturated rings. The number of hydrogen-bond donors (Lipinski definition) is 0. The topological polar surface area (TPSA) is 34.1 Å². The van der Waals surface area contributed by atoms with Gasteiger partial charge in [0.1, 0.15) is 0 Å². The summed E-state index contributed by atoms with van der Waals surface area (Å²) in [6, 6.07) is 3.68. The second kappa shape index (κ2) is 1.53. The lowest BCUT2D eigenvalue weighted by atomic mass is 9.92. The summed E-state index contributed by atoms with van der Waals surface area (Å²) in [6.07, 6.45) is 1.46. The van der Waals surface area contributed by atoms with Crippen LogP contribution in [0.4, 0.5) is 0 Å². The average Bonchev–Trinajstić information content (AvgIpc) is 1.92. The van der Waals surface area contributed by atoms with Crippen molar-refractivity contribution >= 4 is 12.6 Å². The second-order valence-electron chi connectivity index (χ2n) is 2.22. The summed E-state index contributed by atoms with van der Waals surface area (Å²) < 4.78 is 0. The molecule has 0 aliphatic heterocycles. The minimum Gasteiger partial charge on any atom is -0.298 e. The van der Waals surface area contributed by atoms with Crippen molar-refractivity contribution in [3.05, 3.63) is 33.7 Å². The molecule has 2 aliphatic carbocycles. The van der Waals surface area contributed by atoms with Crippen molar-refractivity contribution < 1.29 is 9.59 Å². The standard InChI is InChI=1S/C8H4O2/c9-3-7-5-1-2-6(5)8(7)4-10/h1-4H. The highest BCUT2D eigenvalue weighted by molar-refractivity contribution is 5.94. The van der Waals surface area contributed by atoms with Gasteiger partial charge in [0, 0.05) is 11.1 Å². The van der Waals surface area contributed by atoms with E-state index < -0.39 is 0 Å². The number of benzene rings is 1. The quantitative estimate of drug-likeness (QED) is 0.569. The molecule has 2 nitrogen and oxygen atoms in total. The molecule has 0 atom stereocenters. The van der Waals surface area contributed by atoms with Crippen LogP contribution in [-0.4, -0.2) is 12.6 Å². The van der Waals surface area contributed by atoms with E-state index in [2.05, 4.69) is 0 Å². The number of carbonyl (C=O) groups is 2. The van der Waals surface area contributed by atoms with Crippen LogP contribution >= 0.6 is 0 Å². The largest absolute Gasteiger partial charge is 0.298 e. The van der Waals surface area contributed by atoms with Crippen LogP contribution in [0, 0.1) is 10.4 Å². The molecular formula is C8H4O2. The van der Waals surface area contributed by atoms with Crippen molar-refractivity contribution in [2.24, 2.45) is 0 Å². The van der Waals surface area contributed by atoms with E-state index in [0.717, 1.165) is 23.0 Å². The van der Waals surface area contributed by atoms with Crippen molar-refractivity contribution in [1.29, 1.82) is 0 Å². The van der Waals surface area contributed by atoms with Crippen LogP contribution < -0.4 is 0 Å². The fraction of sp³-hybridized carbons (Fsp3) is 0. The van der Waals surface area contributed by atoms with E-state index in [1.807, 2.05) is 12.1 Å². The smallest absolute Gasteiger partial charge is 0.151 e. The zero-order chi connectivity index (χ0) is 7.14. The van der Waals surface area contributed by atoms with Crippen molar-refractivity contribution in [2.75, 3.05) is 0 Å². The average molecular weight is 132 g/mol. The molecule has 2 aliphatic rings. The van der Waals surface area contributed by atoms with Gasteiger partial charge in [-0.3, -0.25) is 9.59 Å². The van der Waals surface area contributed by atoms with E-state index in [1.54, 1.807) is 0 Å². The summed E-state index contributed by atoms with van der Waals surface area (Å²) in [4.78, 5) is 20.5. The Labute approximate surface area is 56.8 Å². The van der Waals surface area contributed by atoms with Gasteiger partial charge in [-0.05, 0) is 10.4 Å². The predicted octanol–water partition coefficient (Wildman–Crippen LogP) is 0.912. The van der Waals surface area contributed by atoms with E-state index in [9.17, 15) is 9.59 Å². The van der Waals surface area contributed by atoms with Gasteiger partial charge in [-0.25, -0.2) is 0 Å². The van der Waals surface area contributed by atoms with Crippen LogP contribution in [0.3, 0.4) is 0 Å². The van der Waals surface area contributed by atoms with Gasteiger partial charge < -0.3 is 0 Å². The summed E-state index contributed by atoms with van der Waals surface area (Å²) in [6.45, 7) is 0. The lowest BCUT2D eigenvalue weighted by Crippen LogP contribution is -2.04. The van der Waals surface area contributed by atoms with Crippen LogP contribution in [0.2, 0.25) is 0 Å². The zero-order valence-electron chi connectivity index (χ0n) is 5.13. The lowest BCUT2D eigenvalue weighted by molar-refractivity contribution is 0.109. The highest BCUT2D eigenvalue weighted by Crippen LogP contribution is 2.19. The third-order valence-corrected chi connectivity index (χ3v) is 1.81. The van der Waals surface area contributed by atoms with Crippen molar-refractivity contribution in [2.45, 2.75) is 0 Å². The first kappa shape index (κ1) is 5.35. The van der Waals surface area contributed by atoms with E-state index in [-0.39, 0.29) is 0 Å². The summed E-state index contributed by atoms with van der Waals surface area (Å²) in [5, 5.41) is 1.88. The van der Waals surface area contributed by atoms with E-state index in [1.165, 1.54) is 0 Å². The van der Waals surface area contributed by atoms with Crippen LogP contribution in [0.25, 0.3) is 0 Å². The monoisotopic (exact) mass is 132 g/mol. The van der Waals surface area contributed by atoms with E-state index >= 15 is 0 Å². The van der Waals surface area contributed by atoms with E-state index in [4.69, 9.17) is 0 Å². The number of rotatable bonds is 2. The SMILES string of the molecule is O=Cc1c(C=O)c2ccc1=2. The number of carbonyl (C=O) groups excluding carboxylic acids is 2. The maximum Gasteiger partial charge on any atom is 0.151 e. The normalized spacial score (nSPS) is 10.8. The van der Waals surface area contributed by atoms with Crippen molar-refractivity contribution in [3.8, 4) is 0 Å². The lowest BCUT2D eigenvalue weighted by Gasteiger charge is -2.09. The van der Waals surface area contributed by atoms with Gasteiger partial charge in [0.05, 0.1) is 0 Å². The maximum absolute atomic E-state index is 10.3. The van der Waals surface area contributed by atoms with Gasteiger partial charge in [-0.2, -0.15) is 0 Å². The molecule has 48 valence electrons. The molecule has 0 amide bonds. The molecule has 0 unspecified atom stereocenters. The van der Waals surface area contributed by atoms with Crippen LogP contribution in [0.5, 0.6) is 0 Å². The first-order valence-corrected chi connectivity index (χ1v) is 2.96. The van der Waals surface area contributed by atoms with Gasteiger partial charge in [0.25, 0.3) is 0 Å². The molecule has 2 rings (SSSR count). The third-order valence-electron chi connectivity index (χ3n) is 1.81. The van der Waals surface area contributed by atoms with Crippen molar-refractivity contribution in [1.82, 2.24) is 0 Å². The molecule has 2 heteroatoms. The molecule has 10 heavy (non-hydrogen) atoms. The molecule has 0 radical (unpaired) electrons. The predicted molar refractivity (Wildman–Crippen MR) is 34.9 cm³/mol. The van der Waals surface area contributed by atoms with Gasteiger partial charge in [-0.1, -0.05) is 12.1 Å². The third kappa shape index (κ3) is 0.365. The molecule has 0 saturated heterocycles. The van der Waals surface area contributed by atoms with Gasteiger partial charge in [0.2, 0.25) is 0 Å². The minimum absolute atomic E-state index is 0.563. The fourth-order valence-electron chi connectivity index (χ4n) is 1.20. The van der Waals surface area contributed by atoms with Crippen LogP contribution in [0.1, 0.15) is 20.7 Å². The fourth-order valence-corrected chi connectivity index (χ4v) is 1.20. The molecule has 0 spiro atoms. The van der Waals surface area contributed by atoms with Crippen molar-refractivity contribution in [3.63, 3.8) is 0 Å². The molecule has 0 N–H and O–H groups in total. The first-order chi connectivity index (χ1) is 4.88. The maximum atomic E-state index is 10.3. The summed E-state index contributed by atoms with van der Waals surface area (Å²) in [5.74, 6) is 0. The first-order valence-electron chi connectivity index (χ1n) is 2.96. The Morgan fingerprint density at radius 2 is 1.30 bits per heavy atom. The Morgan fingerprint density at radius 1 is 0.900 bits per heavy atom. The molecular weight excluding hydrogens is 128 g/mol. The van der Waals surface area contributed by atoms with Crippen LogP contribution in [0.15, 0.2) is 12.1 Å². The Morgan fingerprint density at radius 3 is 1.50 bits per heavy atom. The molecule has 0 aromatic heterocycles. The minimum atomic E-state index is 0.563. The molecule has 0 aromatic carbocycles. The number of aldehydes is 2. The Hall–Kier alpha value is -1.44. The van der Waals surface area contributed by atoms with E-state index in [0.29, 0.717) is 11.1 Å². The molecule has 0 saturated carbocycles. The summed E-state index contributed by atoms with van der Waals surface area (Å²) >= 11 is 0. The summed E-state index contributed by atoms with van der Waals surface area (Å²) in [7, 11) is 0. The molecule has 0 heterocycles. The Bertz CT molecular complexity index is 365. The highest BCUT2D eigenvalue weighted by Gasteiger charge is 2.13. The zero-order valence-corrected chi connectivity index (χ0v) is 5.13. The second-order valence-corrected chi connectivity index (χ2v) is 2.22. The van der Waals surface area contributed by atoms with Gasteiger partial charge in [0.15, 0.2) is 12.6 Å². The number of hydrogen-bond acceptors (Lipinski definition) is 2. The van der Waals surface area contributed by atoms with Crippen LogP contribution in [-0.2, 0) is 0 Å². The Balaban J connectivity index is 2.76. The highest BCUT2D eigenvalue weighted by atomic mass is 16.1. The van der Waals surface area contributed by atoms with Gasteiger partial charge >= 0.3 is 0 Å².